The van der Waals surface area contributed by atoms with Gasteiger partial charge >= 0.3 is 0 Å². The third-order valence-electron chi connectivity index (χ3n) is 1.50. The Morgan fingerprint density at radius 3 is 2.87 bits per heavy atom. The summed E-state index contributed by atoms with van der Waals surface area (Å²) in [5.41, 5.74) is 3.83. The number of thiocarbonyl (C=S) groups is 1. The molecule has 4 heteroatoms. The lowest BCUT2D eigenvalue weighted by Gasteiger charge is -1.98. The predicted octanol–water partition coefficient (Wildman–Crippen LogP) is 2.81. The van der Waals surface area contributed by atoms with E-state index in [1.54, 1.807) is 12.3 Å². The largest absolute Gasteiger partial charge is 0.262 e. The fourth-order valence-electron chi connectivity index (χ4n) is 0.866. The molecular formula is C11H12N2S2. The van der Waals surface area contributed by atoms with Crippen molar-refractivity contribution in [3.05, 3.63) is 48.6 Å². The summed E-state index contributed by atoms with van der Waals surface area (Å²) in [5, 5.41) is 4.02. The summed E-state index contributed by atoms with van der Waals surface area (Å²) in [6.07, 6.45) is 3.54. The molecule has 15 heavy (non-hydrogen) atoms. The Kier molecular flexibility index (Phi) is 5.73. The molecule has 0 aliphatic heterocycles. The molecule has 1 aromatic carbocycles. The van der Waals surface area contributed by atoms with Gasteiger partial charge in [0.25, 0.3) is 0 Å². The number of benzene rings is 1. The molecule has 0 radical (unpaired) electrons. The first-order valence-corrected chi connectivity index (χ1v) is 5.84. The van der Waals surface area contributed by atoms with Crippen molar-refractivity contribution in [3.63, 3.8) is 0 Å². The monoisotopic (exact) mass is 236 g/mol. The zero-order valence-electron chi connectivity index (χ0n) is 8.22. The van der Waals surface area contributed by atoms with Crippen LogP contribution in [0.25, 0.3) is 0 Å². The van der Waals surface area contributed by atoms with E-state index in [0.29, 0.717) is 4.32 Å². The highest BCUT2D eigenvalue weighted by Crippen LogP contribution is 2.01. The van der Waals surface area contributed by atoms with Crippen molar-refractivity contribution in [1.29, 1.82) is 0 Å². The molecule has 0 saturated carbocycles. The van der Waals surface area contributed by atoms with Gasteiger partial charge < -0.3 is 0 Å². The van der Waals surface area contributed by atoms with Crippen LogP contribution in [0.5, 0.6) is 0 Å². The van der Waals surface area contributed by atoms with Crippen molar-refractivity contribution in [1.82, 2.24) is 5.43 Å². The summed E-state index contributed by atoms with van der Waals surface area (Å²) < 4.78 is 0.655. The van der Waals surface area contributed by atoms with Crippen molar-refractivity contribution in [2.24, 2.45) is 5.10 Å². The fraction of sp³-hybridized carbons (Fsp3) is 0.0909. The number of nitrogens with zero attached hydrogens (tertiary/aromatic N) is 1. The van der Waals surface area contributed by atoms with Crippen LogP contribution in [0.15, 0.2) is 48.1 Å². The van der Waals surface area contributed by atoms with Gasteiger partial charge in [-0.3, -0.25) is 5.43 Å². The molecule has 0 fully saturated rings. The minimum Gasteiger partial charge on any atom is -0.262 e. The molecule has 0 bridgehead atoms. The first-order chi connectivity index (χ1) is 7.33. The van der Waals surface area contributed by atoms with Crippen LogP contribution in [0.1, 0.15) is 5.56 Å². The Balaban J connectivity index is 2.33. The van der Waals surface area contributed by atoms with Crippen LogP contribution in [0.4, 0.5) is 0 Å². The zero-order chi connectivity index (χ0) is 10.9. The lowest BCUT2D eigenvalue weighted by Crippen LogP contribution is -2.11. The maximum Gasteiger partial charge on any atom is 0.154 e. The first kappa shape index (κ1) is 11.9. The summed E-state index contributed by atoms with van der Waals surface area (Å²) in [6.45, 7) is 3.61. The van der Waals surface area contributed by atoms with Gasteiger partial charge in [-0.05, 0) is 5.56 Å². The van der Waals surface area contributed by atoms with E-state index >= 15 is 0 Å². The molecule has 78 valence electrons. The lowest BCUT2D eigenvalue weighted by molar-refractivity contribution is 1.07. The van der Waals surface area contributed by atoms with Crippen molar-refractivity contribution in [2.45, 2.75) is 0 Å². The Morgan fingerprint density at radius 2 is 2.20 bits per heavy atom. The highest BCUT2D eigenvalue weighted by molar-refractivity contribution is 8.23. The number of nitrogens with one attached hydrogen (secondary N) is 1. The molecule has 0 atom stereocenters. The normalized spacial score (nSPS) is 10.1. The fourth-order valence-corrected chi connectivity index (χ4v) is 1.51. The van der Waals surface area contributed by atoms with Crippen molar-refractivity contribution in [3.8, 4) is 0 Å². The second-order valence-electron chi connectivity index (χ2n) is 2.67. The number of hydrazone groups is 1. The number of rotatable bonds is 4. The van der Waals surface area contributed by atoms with Gasteiger partial charge in [0.15, 0.2) is 4.32 Å². The smallest absolute Gasteiger partial charge is 0.154 e. The van der Waals surface area contributed by atoms with Crippen molar-refractivity contribution >= 4 is 34.5 Å². The number of hydrogen-bond acceptors (Lipinski definition) is 3. The minimum absolute atomic E-state index is 0.655. The van der Waals surface area contributed by atoms with Gasteiger partial charge in [-0.1, -0.05) is 60.4 Å². The molecule has 1 rings (SSSR count). The van der Waals surface area contributed by atoms with Crippen LogP contribution in [0.3, 0.4) is 0 Å². The third-order valence-corrected chi connectivity index (χ3v) is 2.70. The van der Waals surface area contributed by atoms with Gasteiger partial charge in [0.1, 0.15) is 0 Å². The summed E-state index contributed by atoms with van der Waals surface area (Å²) >= 11 is 6.53. The Hall–Kier alpha value is -1.13. The van der Waals surface area contributed by atoms with Crippen molar-refractivity contribution < 1.29 is 0 Å². The van der Waals surface area contributed by atoms with E-state index in [9.17, 15) is 0 Å². The average molecular weight is 236 g/mol. The van der Waals surface area contributed by atoms with Crippen LogP contribution in [0.2, 0.25) is 0 Å². The van der Waals surface area contributed by atoms with E-state index in [1.165, 1.54) is 11.8 Å². The SMILES string of the molecule is C=CCSC(=S)N/N=C/c1ccccc1. The molecule has 0 amide bonds. The molecule has 0 heterocycles. The topological polar surface area (TPSA) is 24.4 Å². The number of hydrogen-bond donors (Lipinski definition) is 1. The first-order valence-electron chi connectivity index (χ1n) is 4.44. The summed E-state index contributed by atoms with van der Waals surface area (Å²) in [7, 11) is 0. The molecule has 2 nitrogen and oxygen atoms in total. The van der Waals surface area contributed by atoms with Gasteiger partial charge in [0.2, 0.25) is 0 Å². The Bertz CT molecular complexity index is 347. The van der Waals surface area contributed by atoms with E-state index in [0.717, 1.165) is 11.3 Å². The predicted molar refractivity (Wildman–Crippen MR) is 72.4 cm³/mol. The molecule has 0 unspecified atom stereocenters. The maximum absolute atomic E-state index is 5.03. The molecular weight excluding hydrogens is 224 g/mol. The summed E-state index contributed by atoms with van der Waals surface area (Å²) in [4.78, 5) is 0. The lowest BCUT2D eigenvalue weighted by atomic mass is 10.2. The highest BCUT2D eigenvalue weighted by Gasteiger charge is 1.91. The maximum atomic E-state index is 5.03. The van der Waals surface area contributed by atoms with Crippen LogP contribution < -0.4 is 5.43 Å². The average Bonchev–Trinajstić information content (AvgIpc) is 2.28. The van der Waals surface area contributed by atoms with Gasteiger partial charge in [-0.2, -0.15) is 5.10 Å². The Morgan fingerprint density at radius 1 is 1.47 bits per heavy atom. The second kappa shape index (κ2) is 7.20. The number of thioether (sulfide) groups is 1. The molecule has 0 saturated heterocycles. The highest BCUT2D eigenvalue weighted by atomic mass is 32.2. The van der Waals surface area contributed by atoms with Gasteiger partial charge in [0.05, 0.1) is 6.21 Å². The van der Waals surface area contributed by atoms with E-state index in [1.807, 2.05) is 30.3 Å². The molecule has 0 aromatic heterocycles. The zero-order valence-corrected chi connectivity index (χ0v) is 9.85. The third kappa shape index (κ3) is 5.34. The molecule has 0 aliphatic carbocycles. The molecule has 1 aromatic rings. The second-order valence-corrected chi connectivity index (χ2v) is 4.36. The molecule has 1 N–H and O–H groups in total. The van der Waals surface area contributed by atoms with Gasteiger partial charge in [-0.15, -0.1) is 6.58 Å². The van der Waals surface area contributed by atoms with E-state index < -0.39 is 0 Å². The van der Waals surface area contributed by atoms with Gasteiger partial charge in [0, 0.05) is 5.75 Å². The molecule has 0 aliphatic rings. The van der Waals surface area contributed by atoms with E-state index in [-0.39, 0.29) is 0 Å². The Labute approximate surface area is 99.5 Å². The van der Waals surface area contributed by atoms with Crippen LogP contribution in [0, 0.1) is 0 Å². The van der Waals surface area contributed by atoms with Crippen molar-refractivity contribution in [2.75, 3.05) is 5.75 Å². The van der Waals surface area contributed by atoms with Gasteiger partial charge in [-0.25, -0.2) is 0 Å². The van der Waals surface area contributed by atoms with E-state index in [4.69, 9.17) is 12.2 Å². The van der Waals surface area contributed by atoms with Crippen LogP contribution >= 0.6 is 24.0 Å². The summed E-state index contributed by atoms with van der Waals surface area (Å²) in [5.74, 6) is 0.798. The quantitative estimate of drug-likeness (QED) is 0.376. The van der Waals surface area contributed by atoms with Crippen LogP contribution in [-0.2, 0) is 0 Å². The minimum atomic E-state index is 0.655. The molecule has 0 spiro atoms. The van der Waals surface area contributed by atoms with Crippen LogP contribution in [-0.4, -0.2) is 16.3 Å². The van der Waals surface area contributed by atoms with E-state index in [2.05, 4.69) is 17.1 Å². The standard InChI is InChI=1S/C11H12N2S2/c1-2-8-15-11(14)13-12-9-10-6-4-3-5-7-10/h2-7,9H,1,8H2,(H,13,14)/b12-9+. The summed E-state index contributed by atoms with van der Waals surface area (Å²) in [6, 6.07) is 9.85.